The molecular weight excluding hydrogens is 529 g/mol. The van der Waals surface area contributed by atoms with E-state index in [1.54, 1.807) is 19.1 Å². The molecule has 1 atom stereocenters. The van der Waals surface area contributed by atoms with E-state index in [0.29, 0.717) is 17.7 Å². The standard InChI is InChI=1S/C31H40FN3O4S/c1-4-28(30(37)33-2)34(19-21-5-9-26(32)10-6-21)29(36)20-35(40(3,38)39)27-11-7-25(8-12-27)31-16-22-13-23(17-31)15-24(14-22)18-31/h5-12,22-24,28H,4,13-20H2,1-3H3,(H,33,37). The average molecular weight is 570 g/mol. The van der Waals surface area contributed by atoms with E-state index in [1.165, 1.54) is 68.2 Å². The van der Waals surface area contributed by atoms with Gasteiger partial charge in [-0.05, 0) is 104 Å². The molecule has 0 heterocycles. The van der Waals surface area contributed by atoms with E-state index in [0.717, 1.165) is 28.3 Å². The molecule has 0 saturated heterocycles. The summed E-state index contributed by atoms with van der Waals surface area (Å²) in [6, 6.07) is 12.7. The molecule has 4 saturated carbocycles. The molecule has 6 rings (SSSR count). The summed E-state index contributed by atoms with van der Waals surface area (Å²) < 4.78 is 40.5. The molecular formula is C31H40FN3O4S. The van der Waals surface area contributed by atoms with Crippen LogP contribution in [0.3, 0.4) is 0 Å². The van der Waals surface area contributed by atoms with E-state index >= 15 is 0 Å². The van der Waals surface area contributed by atoms with Gasteiger partial charge in [-0.1, -0.05) is 31.2 Å². The van der Waals surface area contributed by atoms with Crippen molar-refractivity contribution >= 4 is 27.5 Å². The number of hydrogen-bond donors (Lipinski definition) is 1. The minimum absolute atomic E-state index is 0.0492. The second-order valence-corrected chi connectivity index (χ2v) is 14.1. The maximum atomic E-state index is 13.7. The third-order valence-corrected chi connectivity index (χ3v) is 10.5. The molecule has 4 fully saturated rings. The van der Waals surface area contributed by atoms with Gasteiger partial charge in [0, 0.05) is 13.6 Å². The monoisotopic (exact) mass is 569 g/mol. The number of carbonyl (C=O) groups excluding carboxylic acids is 2. The Morgan fingerprint density at radius 1 is 0.975 bits per heavy atom. The number of benzene rings is 2. The molecule has 1 unspecified atom stereocenters. The van der Waals surface area contributed by atoms with E-state index in [1.807, 2.05) is 12.1 Å². The summed E-state index contributed by atoms with van der Waals surface area (Å²) in [6.45, 7) is 1.40. The van der Waals surface area contributed by atoms with Crippen LogP contribution in [0.1, 0.15) is 63.0 Å². The lowest BCUT2D eigenvalue weighted by molar-refractivity contribution is -0.140. The summed E-state index contributed by atoms with van der Waals surface area (Å²) in [6.07, 6.45) is 9.12. The highest BCUT2D eigenvalue weighted by Gasteiger charge is 2.51. The third kappa shape index (κ3) is 5.76. The van der Waals surface area contributed by atoms with Crippen molar-refractivity contribution in [1.82, 2.24) is 10.2 Å². The number of carbonyl (C=O) groups is 2. The van der Waals surface area contributed by atoms with Crippen LogP contribution in [-0.2, 0) is 31.6 Å². The van der Waals surface area contributed by atoms with Crippen LogP contribution in [0.2, 0.25) is 0 Å². The van der Waals surface area contributed by atoms with Gasteiger partial charge in [0.05, 0.1) is 11.9 Å². The Kier molecular flexibility index (Phi) is 7.97. The number of halogens is 1. The molecule has 0 radical (unpaired) electrons. The minimum atomic E-state index is -3.81. The fourth-order valence-electron chi connectivity index (χ4n) is 7.93. The van der Waals surface area contributed by atoms with Crippen molar-refractivity contribution in [2.24, 2.45) is 17.8 Å². The van der Waals surface area contributed by atoms with Gasteiger partial charge in [-0.3, -0.25) is 13.9 Å². The van der Waals surface area contributed by atoms with Gasteiger partial charge in [-0.2, -0.15) is 0 Å². The molecule has 2 aromatic carbocycles. The highest BCUT2D eigenvalue weighted by atomic mass is 32.2. The van der Waals surface area contributed by atoms with Gasteiger partial charge >= 0.3 is 0 Å². The quantitative estimate of drug-likeness (QED) is 0.453. The number of anilines is 1. The Balaban J connectivity index is 1.40. The number of hydrogen-bond acceptors (Lipinski definition) is 4. The second-order valence-electron chi connectivity index (χ2n) is 12.2. The number of sulfonamides is 1. The highest BCUT2D eigenvalue weighted by molar-refractivity contribution is 7.92. The number of likely N-dealkylation sites (N-methyl/N-ethyl adjacent to an activating group) is 1. The van der Waals surface area contributed by atoms with Crippen LogP contribution in [0, 0.1) is 23.6 Å². The molecule has 0 aliphatic heterocycles. The van der Waals surface area contributed by atoms with Crippen LogP contribution in [0.25, 0.3) is 0 Å². The van der Waals surface area contributed by atoms with Crippen LogP contribution in [-0.4, -0.2) is 51.0 Å². The van der Waals surface area contributed by atoms with Gasteiger partial charge in [-0.15, -0.1) is 0 Å². The predicted octanol–water partition coefficient (Wildman–Crippen LogP) is 4.61. The lowest BCUT2D eigenvalue weighted by Crippen LogP contribution is -2.51. The van der Waals surface area contributed by atoms with Crippen molar-refractivity contribution < 1.29 is 22.4 Å². The largest absolute Gasteiger partial charge is 0.357 e. The van der Waals surface area contributed by atoms with E-state index in [4.69, 9.17) is 0 Å². The van der Waals surface area contributed by atoms with Gasteiger partial charge in [0.15, 0.2) is 0 Å². The fourth-order valence-corrected chi connectivity index (χ4v) is 8.78. The van der Waals surface area contributed by atoms with E-state index < -0.39 is 34.3 Å². The Hall–Kier alpha value is -2.94. The van der Waals surface area contributed by atoms with Crippen molar-refractivity contribution in [2.45, 2.75) is 69.9 Å². The van der Waals surface area contributed by atoms with E-state index in [2.05, 4.69) is 17.4 Å². The molecule has 4 aliphatic rings. The van der Waals surface area contributed by atoms with Crippen molar-refractivity contribution in [3.63, 3.8) is 0 Å². The average Bonchev–Trinajstić information content (AvgIpc) is 2.91. The van der Waals surface area contributed by atoms with Crippen LogP contribution in [0.5, 0.6) is 0 Å². The summed E-state index contributed by atoms with van der Waals surface area (Å²) in [5.74, 6) is 1.15. The zero-order chi connectivity index (χ0) is 28.7. The summed E-state index contributed by atoms with van der Waals surface area (Å²) in [7, 11) is -2.31. The van der Waals surface area contributed by atoms with Gasteiger partial charge in [0.2, 0.25) is 21.8 Å². The molecule has 1 N–H and O–H groups in total. The molecule has 7 nitrogen and oxygen atoms in total. The number of amides is 2. The van der Waals surface area contributed by atoms with Crippen LogP contribution in [0.4, 0.5) is 10.1 Å². The van der Waals surface area contributed by atoms with Crippen molar-refractivity contribution in [3.05, 3.63) is 65.5 Å². The number of nitrogens with zero attached hydrogens (tertiary/aromatic N) is 2. The molecule has 216 valence electrons. The molecule has 9 heteroatoms. The number of nitrogens with one attached hydrogen (secondary N) is 1. The zero-order valence-corrected chi connectivity index (χ0v) is 24.4. The van der Waals surface area contributed by atoms with Crippen LogP contribution in [0.15, 0.2) is 48.5 Å². The number of rotatable bonds is 10. The smallest absolute Gasteiger partial charge is 0.244 e. The normalized spacial score (nSPS) is 25.9. The molecule has 2 amide bonds. The third-order valence-electron chi connectivity index (χ3n) is 9.38. The Morgan fingerprint density at radius 2 is 1.52 bits per heavy atom. The first kappa shape index (κ1) is 28.6. The summed E-state index contributed by atoms with van der Waals surface area (Å²) >= 11 is 0. The molecule has 4 bridgehead atoms. The van der Waals surface area contributed by atoms with E-state index in [9.17, 15) is 22.4 Å². The lowest BCUT2D eigenvalue weighted by Gasteiger charge is -2.57. The maximum Gasteiger partial charge on any atom is 0.244 e. The zero-order valence-electron chi connectivity index (χ0n) is 23.6. The fraction of sp³-hybridized carbons (Fsp3) is 0.548. The minimum Gasteiger partial charge on any atom is -0.357 e. The summed E-state index contributed by atoms with van der Waals surface area (Å²) in [4.78, 5) is 27.8. The Labute approximate surface area is 237 Å². The summed E-state index contributed by atoms with van der Waals surface area (Å²) in [5.41, 5.74) is 2.54. The topological polar surface area (TPSA) is 86.8 Å². The first-order valence-electron chi connectivity index (χ1n) is 14.3. The van der Waals surface area contributed by atoms with Crippen molar-refractivity contribution in [3.8, 4) is 0 Å². The van der Waals surface area contributed by atoms with Crippen LogP contribution < -0.4 is 9.62 Å². The van der Waals surface area contributed by atoms with Crippen molar-refractivity contribution in [1.29, 1.82) is 0 Å². The van der Waals surface area contributed by atoms with Gasteiger partial charge in [0.1, 0.15) is 18.4 Å². The van der Waals surface area contributed by atoms with Crippen molar-refractivity contribution in [2.75, 3.05) is 24.2 Å². The lowest BCUT2D eigenvalue weighted by atomic mass is 9.48. The SMILES string of the molecule is CCC(C(=O)NC)N(Cc1ccc(F)cc1)C(=O)CN(c1ccc(C23CC4CC(CC(C4)C2)C3)cc1)S(C)(=O)=O. The van der Waals surface area contributed by atoms with E-state index in [-0.39, 0.29) is 17.9 Å². The first-order chi connectivity index (χ1) is 19.0. The van der Waals surface area contributed by atoms with Gasteiger partial charge in [-0.25, -0.2) is 12.8 Å². The molecule has 40 heavy (non-hydrogen) atoms. The summed E-state index contributed by atoms with van der Waals surface area (Å²) in [5, 5.41) is 2.60. The van der Waals surface area contributed by atoms with Crippen LogP contribution >= 0.6 is 0 Å². The molecule has 4 aliphatic carbocycles. The molecule has 0 spiro atoms. The highest BCUT2D eigenvalue weighted by Crippen LogP contribution is 2.60. The van der Waals surface area contributed by atoms with Gasteiger partial charge in [0.25, 0.3) is 0 Å². The molecule has 2 aromatic rings. The second kappa shape index (κ2) is 11.1. The Bertz CT molecular complexity index is 1310. The maximum absolute atomic E-state index is 13.7. The predicted molar refractivity (Wildman–Crippen MR) is 154 cm³/mol. The molecule has 0 aromatic heterocycles. The van der Waals surface area contributed by atoms with Gasteiger partial charge < -0.3 is 10.2 Å². The Morgan fingerprint density at radius 3 is 2.00 bits per heavy atom. The first-order valence-corrected chi connectivity index (χ1v) is 16.2.